The molecule has 1 aromatic heterocycles. The first-order chi connectivity index (χ1) is 15.8. The van der Waals surface area contributed by atoms with Gasteiger partial charge in [0.25, 0.3) is 11.5 Å². The van der Waals surface area contributed by atoms with Crippen LogP contribution in [0.25, 0.3) is 11.3 Å². The maximum atomic E-state index is 12.5. The van der Waals surface area contributed by atoms with E-state index in [1.54, 1.807) is 39.3 Å². The topological polar surface area (TPSA) is 91.7 Å². The Bertz CT molecular complexity index is 1190. The average Bonchev–Trinajstić information content (AvgIpc) is 2.82. The van der Waals surface area contributed by atoms with Crippen LogP contribution in [0.15, 0.2) is 53.3 Å². The van der Waals surface area contributed by atoms with Crippen LogP contribution in [0.2, 0.25) is 0 Å². The van der Waals surface area contributed by atoms with Gasteiger partial charge in [-0.2, -0.15) is 5.10 Å². The van der Waals surface area contributed by atoms with Crippen molar-refractivity contribution in [3.05, 3.63) is 70.0 Å². The third kappa shape index (κ3) is 5.91. The van der Waals surface area contributed by atoms with Gasteiger partial charge in [-0.05, 0) is 62.2 Å². The van der Waals surface area contributed by atoms with Gasteiger partial charge >= 0.3 is 0 Å². The van der Waals surface area contributed by atoms with Gasteiger partial charge in [0.2, 0.25) is 0 Å². The van der Waals surface area contributed by atoms with Crippen molar-refractivity contribution in [3.8, 4) is 28.5 Å². The molecule has 1 N–H and O–H groups in total. The fourth-order valence-corrected chi connectivity index (χ4v) is 3.27. The summed E-state index contributed by atoms with van der Waals surface area (Å²) in [7, 11) is 3.13. The Morgan fingerprint density at radius 2 is 1.76 bits per heavy atom. The summed E-state index contributed by atoms with van der Waals surface area (Å²) in [4.78, 5) is 24.7. The highest BCUT2D eigenvalue weighted by atomic mass is 16.5. The first kappa shape index (κ1) is 23.8. The van der Waals surface area contributed by atoms with Gasteiger partial charge in [0.05, 0.1) is 26.5 Å². The smallest absolute Gasteiger partial charge is 0.266 e. The third-order valence-electron chi connectivity index (χ3n) is 5.19. The first-order valence-electron chi connectivity index (χ1n) is 10.6. The number of ether oxygens (including phenoxy) is 3. The van der Waals surface area contributed by atoms with E-state index in [0.29, 0.717) is 22.9 Å². The van der Waals surface area contributed by atoms with Crippen LogP contribution in [0, 0.1) is 13.8 Å². The lowest BCUT2D eigenvalue weighted by atomic mass is 10.1. The number of carbonyl (C=O) groups is 1. The number of nitrogens with one attached hydrogen (secondary N) is 1. The van der Waals surface area contributed by atoms with Crippen LogP contribution < -0.4 is 25.1 Å². The Hall–Kier alpha value is -3.81. The number of aryl methyl sites for hydroxylation is 2. The van der Waals surface area contributed by atoms with Crippen molar-refractivity contribution < 1.29 is 19.0 Å². The second-order valence-corrected chi connectivity index (χ2v) is 7.67. The second kappa shape index (κ2) is 10.7. The predicted octanol–water partition coefficient (Wildman–Crippen LogP) is 3.13. The fraction of sp³-hybridized carbons (Fsp3) is 0.320. The van der Waals surface area contributed by atoms with Crippen molar-refractivity contribution in [3.63, 3.8) is 0 Å². The second-order valence-electron chi connectivity index (χ2n) is 7.67. The molecular weight excluding hydrogens is 422 g/mol. The summed E-state index contributed by atoms with van der Waals surface area (Å²) in [5, 5.41) is 7.23. The molecule has 1 heterocycles. The Morgan fingerprint density at radius 3 is 2.48 bits per heavy atom. The molecule has 3 rings (SSSR count). The molecule has 33 heavy (non-hydrogen) atoms. The van der Waals surface area contributed by atoms with Crippen LogP contribution >= 0.6 is 0 Å². The minimum Gasteiger partial charge on any atom is -0.493 e. The number of benzene rings is 2. The Labute approximate surface area is 193 Å². The standard InChI is InChI=1S/C25H29N3O5/c1-16-6-7-17(2)22(14-16)33-18(3)25(30)26-12-13-28-24(29)11-9-20(27-28)19-8-10-21(31-4)23(15-19)32-5/h6-11,14-15,18H,12-13H2,1-5H3,(H,26,30). The fourth-order valence-electron chi connectivity index (χ4n) is 3.27. The van der Waals surface area contributed by atoms with Gasteiger partial charge in [0.1, 0.15) is 5.75 Å². The van der Waals surface area contributed by atoms with Gasteiger partial charge < -0.3 is 19.5 Å². The summed E-state index contributed by atoms with van der Waals surface area (Å²) in [6, 6.07) is 14.4. The highest BCUT2D eigenvalue weighted by Crippen LogP contribution is 2.31. The number of hydrogen-bond acceptors (Lipinski definition) is 6. The molecule has 0 aliphatic heterocycles. The van der Waals surface area contributed by atoms with E-state index in [-0.39, 0.29) is 24.6 Å². The molecule has 8 nitrogen and oxygen atoms in total. The van der Waals surface area contributed by atoms with Crippen molar-refractivity contribution in [1.29, 1.82) is 0 Å². The molecule has 1 amide bonds. The molecule has 0 bridgehead atoms. The summed E-state index contributed by atoms with van der Waals surface area (Å²) in [6.07, 6.45) is -0.673. The zero-order valence-electron chi connectivity index (χ0n) is 19.5. The van der Waals surface area contributed by atoms with Crippen LogP contribution in [0.5, 0.6) is 17.2 Å². The predicted molar refractivity (Wildman–Crippen MR) is 126 cm³/mol. The zero-order chi connectivity index (χ0) is 24.0. The number of nitrogens with zero attached hydrogens (tertiary/aromatic N) is 2. The highest BCUT2D eigenvalue weighted by Gasteiger charge is 2.16. The van der Waals surface area contributed by atoms with Crippen LogP contribution in [0.1, 0.15) is 18.1 Å². The van der Waals surface area contributed by atoms with E-state index in [2.05, 4.69) is 10.4 Å². The van der Waals surface area contributed by atoms with Gasteiger partial charge in [-0.1, -0.05) is 12.1 Å². The van der Waals surface area contributed by atoms with Gasteiger partial charge in [-0.15, -0.1) is 0 Å². The molecule has 174 valence electrons. The summed E-state index contributed by atoms with van der Waals surface area (Å²) >= 11 is 0. The van der Waals surface area contributed by atoms with Gasteiger partial charge in [-0.25, -0.2) is 4.68 Å². The summed E-state index contributed by atoms with van der Waals surface area (Å²) in [5.74, 6) is 1.59. The molecule has 0 fully saturated rings. The molecule has 8 heteroatoms. The number of rotatable bonds is 9. The number of amides is 1. The normalized spacial score (nSPS) is 11.5. The lowest BCUT2D eigenvalue weighted by Gasteiger charge is -2.17. The largest absolute Gasteiger partial charge is 0.493 e. The van der Waals surface area contributed by atoms with Crippen molar-refractivity contribution in [2.24, 2.45) is 0 Å². The molecule has 0 saturated carbocycles. The summed E-state index contributed by atoms with van der Waals surface area (Å²) < 4.78 is 17.7. The van der Waals surface area contributed by atoms with Crippen molar-refractivity contribution >= 4 is 5.91 Å². The molecule has 1 atom stereocenters. The van der Waals surface area contributed by atoms with E-state index in [9.17, 15) is 9.59 Å². The molecule has 2 aromatic carbocycles. The molecule has 0 aliphatic rings. The van der Waals surface area contributed by atoms with Crippen molar-refractivity contribution in [1.82, 2.24) is 15.1 Å². The minimum absolute atomic E-state index is 0.224. The van der Waals surface area contributed by atoms with Crippen LogP contribution in [0.4, 0.5) is 0 Å². The quantitative estimate of drug-likeness (QED) is 0.538. The summed E-state index contributed by atoms with van der Waals surface area (Å²) in [5.41, 5.74) is 3.15. The molecule has 0 saturated heterocycles. The summed E-state index contributed by atoms with van der Waals surface area (Å²) in [6.45, 7) is 6.06. The highest BCUT2D eigenvalue weighted by molar-refractivity contribution is 5.80. The zero-order valence-corrected chi connectivity index (χ0v) is 19.5. The van der Waals surface area contributed by atoms with Crippen molar-refractivity contribution in [2.45, 2.75) is 33.4 Å². The minimum atomic E-state index is -0.673. The molecule has 1 unspecified atom stereocenters. The van der Waals surface area contributed by atoms with E-state index in [4.69, 9.17) is 14.2 Å². The monoisotopic (exact) mass is 451 g/mol. The first-order valence-corrected chi connectivity index (χ1v) is 10.6. The lowest BCUT2D eigenvalue weighted by Crippen LogP contribution is -2.39. The Kier molecular flexibility index (Phi) is 7.71. The lowest BCUT2D eigenvalue weighted by molar-refractivity contribution is -0.127. The average molecular weight is 452 g/mol. The molecule has 3 aromatic rings. The van der Waals surface area contributed by atoms with Crippen LogP contribution in [-0.2, 0) is 11.3 Å². The SMILES string of the molecule is COc1ccc(-c2ccc(=O)n(CCNC(=O)C(C)Oc3cc(C)ccc3C)n2)cc1OC. The van der Waals surface area contributed by atoms with Gasteiger partial charge in [-0.3, -0.25) is 9.59 Å². The van der Waals surface area contributed by atoms with E-state index in [0.717, 1.165) is 16.7 Å². The molecule has 0 aliphatic carbocycles. The van der Waals surface area contributed by atoms with Crippen molar-refractivity contribution in [2.75, 3.05) is 20.8 Å². The number of hydrogen-bond donors (Lipinski definition) is 1. The number of carbonyl (C=O) groups excluding carboxylic acids is 1. The molecule has 0 spiro atoms. The molecular formula is C25H29N3O5. The van der Waals surface area contributed by atoms with E-state index < -0.39 is 6.10 Å². The van der Waals surface area contributed by atoms with Gasteiger partial charge in [0, 0.05) is 18.2 Å². The van der Waals surface area contributed by atoms with Crippen LogP contribution in [-0.4, -0.2) is 42.6 Å². The number of methoxy groups -OCH3 is 2. The molecule has 0 radical (unpaired) electrons. The number of aromatic nitrogens is 2. The van der Waals surface area contributed by atoms with Crippen LogP contribution in [0.3, 0.4) is 0 Å². The van der Waals surface area contributed by atoms with E-state index >= 15 is 0 Å². The van der Waals surface area contributed by atoms with E-state index in [1.165, 1.54) is 10.7 Å². The van der Waals surface area contributed by atoms with Gasteiger partial charge in [0.15, 0.2) is 17.6 Å². The third-order valence-corrected chi connectivity index (χ3v) is 5.19. The Morgan fingerprint density at radius 1 is 1.00 bits per heavy atom. The Balaban J connectivity index is 1.64. The maximum absolute atomic E-state index is 12.5. The maximum Gasteiger partial charge on any atom is 0.266 e. The van der Waals surface area contributed by atoms with E-state index in [1.807, 2.05) is 38.1 Å².